The first kappa shape index (κ1) is 19.5. The van der Waals surface area contributed by atoms with Crippen molar-refractivity contribution in [2.24, 2.45) is 4.99 Å². The minimum absolute atomic E-state index is 0.193. The Kier molecular flexibility index (Phi) is 6.40. The van der Waals surface area contributed by atoms with Gasteiger partial charge in [-0.05, 0) is 46.3 Å². The van der Waals surface area contributed by atoms with Crippen molar-refractivity contribution in [3.8, 4) is 0 Å². The smallest absolute Gasteiger partial charge is 0.340 e. The molecule has 0 saturated carbocycles. The topological polar surface area (TPSA) is 74.0 Å². The molecule has 0 fully saturated rings. The lowest BCUT2D eigenvalue weighted by Crippen LogP contribution is -2.14. The first-order valence-corrected chi connectivity index (χ1v) is 7.98. The highest BCUT2D eigenvalue weighted by molar-refractivity contribution is 9.10. The Morgan fingerprint density at radius 1 is 1.31 bits per heavy atom. The number of amidine groups is 2. The molecular formula is C17H13BrF3N5. The molecule has 5 nitrogen and oxygen atoms in total. The van der Waals surface area contributed by atoms with Crippen molar-refractivity contribution >= 4 is 33.3 Å². The van der Waals surface area contributed by atoms with Gasteiger partial charge in [-0.1, -0.05) is 24.8 Å². The van der Waals surface area contributed by atoms with E-state index in [2.05, 4.69) is 42.8 Å². The Morgan fingerprint density at radius 3 is 2.73 bits per heavy atom. The molecule has 2 rings (SSSR count). The summed E-state index contributed by atoms with van der Waals surface area (Å²) in [5.74, 6) is -0.187. The van der Waals surface area contributed by atoms with Gasteiger partial charge in [0.05, 0.1) is 0 Å². The number of alkyl halides is 3. The summed E-state index contributed by atoms with van der Waals surface area (Å²) in [7, 11) is 0. The van der Waals surface area contributed by atoms with Gasteiger partial charge in [0.25, 0.3) is 0 Å². The summed E-state index contributed by atoms with van der Waals surface area (Å²) in [5.41, 5.74) is -0.643. The van der Waals surface area contributed by atoms with E-state index in [9.17, 15) is 13.2 Å². The van der Waals surface area contributed by atoms with Crippen molar-refractivity contribution < 1.29 is 13.2 Å². The SMILES string of the molecule is C=C/C=C/C(=N\C(=N)c1cccc(C(F)(F)F)n1)Nc1ccnc(Br)c1. The van der Waals surface area contributed by atoms with Crippen LogP contribution in [0.15, 0.2) is 70.9 Å². The van der Waals surface area contributed by atoms with Gasteiger partial charge in [-0.15, -0.1) is 0 Å². The number of anilines is 1. The predicted molar refractivity (Wildman–Crippen MR) is 98.4 cm³/mol. The number of hydrogen-bond acceptors (Lipinski definition) is 3. The van der Waals surface area contributed by atoms with Crippen molar-refractivity contribution in [1.82, 2.24) is 9.97 Å². The highest BCUT2D eigenvalue weighted by atomic mass is 79.9. The molecule has 2 N–H and O–H groups in total. The molecule has 2 aromatic heterocycles. The van der Waals surface area contributed by atoms with Gasteiger partial charge in [0.1, 0.15) is 21.8 Å². The van der Waals surface area contributed by atoms with Crippen LogP contribution in [-0.4, -0.2) is 21.6 Å². The Balaban J connectivity index is 2.32. The van der Waals surface area contributed by atoms with Gasteiger partial charge in [0.15, 0.2) is 5.84 Å². The molecule has 0 aliphatic carbocycles. The number of halogens is 4. The number of aliphatic imine (C=N–C) groups is 1. The minimum Gasteiger partial charge on any atom is -0.340 e. The summed E-state index contributed by atoms with van der Waals surface area (Å²) in [6.45, 7) is 3.55. The summed E-state index contributed by atoms with van der Waals surface area (Å²) in [6.07, 6.45) is 1.58. The molecule has 134 valence electrons. The molecule has 0 aliphatic heterocycles. The van der Waals surface area contributed by atoms with Crippen molar-refractivity contribution in [1.29, 1.82) is 5.41 Å². The molecule has 9 heteroatoms. The third-order valence-electron chi connectivity index (χ3n) is 2.90. The van der Waals surface area contributed by atoms with Gasteiger partial charge < -0.3 is 5.32 Å². The molecule has 0 radical (unpaired) electrons. The van der Waals surface area contributed by atoms with Gasteiger partial charge in [0, 0.05) is 11.9 Å². The Morgan fingerprint density at radius 2 is 2.08 bits per heavy atom. The van der Waals surface area contributed by atoms with E-state index < -0.39 is 17.7 Å². The van der Waals surface area contributed by atoms with Crippen LogP contribution in [0.3, 0.4) is 0 Å². The van der Waals surface area contributed by atoms with Crippen molar-refractivity contribution in [3.05, 3.63) is 77.3 Å². The van der Waals surface area contributed by atoms with Crippen LogP contribution < -0.4 is 5.32 Å². The normalized spacial score (nSPS) is 12.2. The number of aromatic nitrogens is 2. The summed E-state index contributed by atoms with van der Waals surface area (Å²) >= 11 is 3.23. The fourth-order valence-corrected chi connectivity index (χ4v) is 2.16. The molecule has 26 heavy (non-hydrogen) atoms. The van der Waals surface area contributed by atoms with Crippen LogP contribution in [-0.2, 0) is 6.18 Å². The molecule has 2 aromatic rings. The van der Waals surface area contributed by atoms with E-state index in [-0.39, 0.29) is 11.5 Å². The Bertz CT molecular complexity index is 875. The molecule has 0 spiro atoms. The largest absolute Gasteiger partial charge is 0.433 e. The van der Waals surface area contributed by atoms with Crippen LogP contribution >= 0.6 is 15.9 Å². The second kappa shape index (κ2) is 8.52. The maximum Gasteiger partial charge on any atom is 0.433 e. The van der Waals surface area contributed by atoms with Crippen molar-refractivity contribution in [2.75, 3.05) is 5.32 Å². The zero-order valence-electron chi connectivity index (χ0n) is 13.3. The van der Waals surface area contributed by atoms with Crippen LogP contribution in [0, 0.1) is 5.41 Å². The van der Waals surface area contributed by atoms with Crippen LogP contribution in [0.1, 0.15) is 11.4 Å². The lowest BCUT2D eigenvalue weighted by Gasteiger charge is -2.09. The van der Waals surface area contributed by atoms with Crippen LogP contribution in [0.2, 0.25) is 0 Å². The van der Waals surface area contributed by atoms with Crippen molar-refractivity contribution in [3.63, 3.8) is 0 Å². The molecule has 0 saturated heterocycles. The molecule has 0 amide bonds. The number of nitrogens with zero attached hydrogens (tertiary/aromatic N) is 3. The molecule has 0 atom stereocenters. The monoisotopic (exact) mass is 423 g/mol. The van der Waals surface area contributed by atoms with E-state index in [0.29, 0.717) is 10.3 Å². The van der Waals surface area contributed by atoms with E-state index in [4.69, 9.17) is 5.41 Å². The third-order valence-corrected chi connectivity index (χ3v) is 3.34. The van der Waals surface area contributed by atoms with Gasteiger partial charge in [-0.25, -0.2) is 15.0 Å². The standard InChI is InChI=1S/C17H13BrF3N5/c1-2-3-7-15(24-11-8-9-23-14(18)10-11)26-16(22)12-5-4-6-13(25-12)17(19,20)21/h2-10H,1H2,(H2,22,23,24,26)/b7-3+. The van der Waals surface area contributed by atoms with Crippen LogP contribution in [0.4, 0.5) is 18.9 Å². The molecule has 0 bridgehead atoms. The third kappa shape index (κ3) is 5.62. The molecule has 0 unspecified atom stereocenters. The summed E-state index contributed by atoms with van der Waals surface area (Å²) in [4.78, 5) is 11.5. The average Bonchev–Trinajstić information content (AvgIpc) is 2.59. The number of pyridine rings is 2. The first-order valence-electron chi connectivity index (χ1n) is 7.19. The highest BCUT2D eigenvalue weighted by Crippen LogP contribution is 2.27. The summed E-state index contributed by atoms with van der Waals surface area (Å²) in [6, 6.07) is 6.67. The highest BCUT2D eigenvalue weighted by Gasteiger charge is 2.32. The van der Waals surface area contributed by atoms with Gasteiger partial charge in [-0.3, -0.25) is 5.41 Å². The number of allylic oxidation sites excluding steroid dienone is 2. The van der Waals surface area contributed by atoms with E-state index in [1.54, 1.807) is 24.4 Å². The zero-order chi connectivity index (χ0) is 19.2. The van der Waals surface area contributed by atoms with E-state index >= 15 is 0 Å². The molecular weight excluding hydrogens is 411 g/mol. The summed E-state index contributed by atoms with van der Waals surface area (Å²) < 4.78 is 38.9. The van der Waals surface area contributed by atoms with Crippen LogP contribution in [0.5, 0.6) is 0 Å². The van der Waals surface area contributed by atoms with E-state index in [0.717, 1.165) is 6.07 Å². The lowest BCUT2D eigenvalue weighted by molar-refractivity contribution is -0.141. The average molecular weight is 424 g/mol. The fourth-order valence-electron chi connectivity index (χ4n) is 1.80. The van der Waals surface area contributed by atoms with Gasteiger partial charge in [-0.2, -0.15) is 13.2 Å². The first-order chi connectivity index (χ1) is 12.3. The van der Waals surface area contributed by atoms with Crippen molar-refractivity contribution in [2.45, 2.75) is 6.18 Å². The quantitative estimate of drug-likeness (QED) is 0.320. The predicted octanol–water partition coefficient (Wildman–Crippen LogP) is 4.84. The van der Waals surface area contributed by atoms with E-state index in [1.807, 2.05) is 0 Å². The lowest BCUT2D eigenvalue weighted by atomic mass is 10.3. The Hall–Kier alpha value is -2.81. The zero-order valence-corrected chi connectivity index (χ0v) is 14.8. The molecule has 0 aliphatic rings. The van der Waals surface area contributed by atoms with Gasteiger partial charge >= 0.3 is 6.18 Å². The molecule has 2 heterocycles. The fraction of sp³-hybridized carbons (Fsp3) is 0.0588. The maximum atomic E-state index is 12.8. The number of rotatable bonds is 4. The maximum absolute atomic E-state index is 12.8. The Labute approximate surface area is 156 Å². The van der Waals surface area contributed by atoms with Gasteiger partial charge in [0.2, 0.25) is 0 Å². The number of nitrogens with one attached hydrogen (secondary N) is 2. The van der Waals surface area contributed by atoms with Crippen LogP contribution in [0.25, 0.3) is 0 Å². The minimum atomic E-state index is -4.59. The van der Waals surface area contributed by atoms with E-state index in [1.165, 1.54) is 24.3 Å². The second-order valence-corrected chi connectivity index (χ2v) is 5.65. The number of hydrogen-bond donors (Lipinski definition) is 2. The second-order valence-electron chi connectivity index (χ2n) is 4.84. The summed E-state index contributed by atoms with van der Waals surface area (Å²) in [5, 5.41) is 10.9. The molecule has 0 aromatic carbocycles.